The highest BCUT2D eigenvalue weighted by atomic mass is 16.3. The maximum atomic E-state index is 13.2. The summed E-state index contributed by atoms with van der Waals surface area (Å²) in [4.78, 5) is 26.6. The molecule has 3 aliphatic rings. The summed E-state index contributed by atoms with van der Waals surface area (Å²) in [6.45, 7) is 2.69. The number of aliphatic hydroxyl groups is 2. The van der Waals surface area contributed by atoms with E-state index in [2.05, 4.69) is 4.90 Å². The van der Waals surface area contributed by atoms with E-state index in [1.165, 1.54) is 0 Å². The summed E-state index contributed by atoms with van der Waals surface area (Å²) < 4.78 is 0. The van der Waals surface area contributed by atoms with E-state index < -0.39 is 6.10 Å². The van der Waals surface area contributed by atoms with Crippen molar-refractivity contribution in [3.8, 4) is 0 Å². The van der Waals surface area contributed by atoms with Gasteiger partial charge in [-0.1, -0.05) is 0 Å². The second kappa shape index (κ2) is 7.48. The van der Waals surface area contributed by atoms with Crippen LogP contribution < -0.4 is 4.90 Å². The molecular formula is C19H28N4O3. The minimum atomic E-state index is -0.673. The first-order valence-electron chi connectivity index (χ1n) is 9.90. The lowest BCUT2D eigenvalue weighted by molar-refractivity contribution is 0.000596. The first kappa shape index (κ1) is 17.7. The maximum absolute atomic E-state index is 13.2. The van der Waals surface area contributed by atoms with E-state index in [1.807, 2.05) is 0 Å². The maximum Gasteiger partial charge on any atom is 0.273 e. The molecule has 0 aromatic carbocycles. The predicted molar refractivity (Wildman–Crippen MR) is 97.2 cm³/mol. The third-order valence-corrected chi connectivity index (χ3v) is 6.01. The van der Waals surface area contributed by atoms with Gasteiger partial charge in [0.15, 0.2) is 0 Å². The van der Waals surface area contributed by atoms with Gasteiger partial charge in [0.25, 0.3) is 5.91 Å². The van der Waals surface area contributed by atoms with E-state index in [0.717, 1.165) is 62.9 Å². The number of nitrogens with zero attached hydrogens (tertiary/aromatic N) is 4. The van der Waals surface area contributed by atoms with Gasteiger partial charge in [0.2, 0.25) is 5.95 Å². The Morgan fingerprint density at radius 3 is 2.58 bits per heavy atom. The van der Waals surface area contributed by atoms with Gasteiger partial charge < -0.3 is 20.0 Å². The van der Waals surface area contributed by atoms with Crippen LogP contribution in [0.2, 0.25) is 0 Å². The Morgan fingerprint density at radius 2 is 1.85 bits per heavy atom. The number of anilines is 1. The van der Waals surface area contributed by atoms with Gasteiger partial charge in [-0.05, 0) is 44.9 Å². The number of likely N-dealkylation sites (tertiary alicyclic amines) is 1. The third kappa shape index (κ3) is 3.30. The summed E-state index contributed by atoms with van der Waals surface area (Å²) in [5.41, 5.74) is 2.57. The largest absolute Gasteiger partial charge is 0.396 e. The minimum absolute atomic E-state index is 0.0365. The lowest BCUT2D eigenvalue weighted by Crippen LogP contribution is -2.48. The Bertz CT molecular complexity index is 675. The number of piperidine rings is 1. The number of carbonyl (C=O) groups is 1. The Labute approximate surface area is 154 Å². The third-order valence-electron chi connectivity index (χ3n) is 6.01. The Balaban J connectivity index is 1.63. The molecule has 0 saturated carbocycles. The van der Waals surface area contributed by atoms with E-state index in [9.17, 15) is 15.0 Å². The molecule has 0 spiro atoms. The first-order valence-corrected chi connectivity index (χ1v) is 9.90. The smallest absolute Gasteiger partial charge is 0.273 e. The van der Waals surface area contributed by atoms with Crippen LogP contribution in [0.4, 0.5) is 5.95 Å². The van der Waals surface area contributed by atoms with Gasteiger partial charge >= 0.3 is 0 Å². The average molecular weight is 360 g/mol. The second-order valence-corrected chi connectivity index (χ2v) is 7.75. The van der Waals surface area contributed by atoms with Gasteiger partial charge in [-0.15, -0.1) is 0 Å². The number of β-amino-alcohol motifs (C(OH)–C–C–N with tert-alkyl or cyclic N) is 1. The molecule has 26 heavy (non-hydrogen) atoms. The summed E-state index contributed by atoms with van der Waals surface area (Å²) in [6.07, 6.45) is 6.17. The molecule has 2 aliphatic heterocycles. The van der Waals surface area contributed by atoms with Crippen molar-refractivity contribution < 1.29 is 15.0 Å². The number of hydrogen-bond donors (Lipinski definition) is 2. The molecule has 2 atom stereocenters. The number of aryl methyl sites for hydroxylation is 1. The molecule has 1 aromatic rings. The summed E-state index contributed by atoms with van der Waals surface area (Å²) in [7, 11) is 0. The Morgan fingerprint density at radius 1 is 1.08 bits per heavy atom. The fourth-order valence-electron chi connectivity index (χ4n) is 4.34. The summed E-state index contributed by atoms with van der Waals surface area (Å²) in [5, 5.41) is 19.5. The van der Waals surface area contributed by atoms with E-state index >= 15 is 0 Å². The van der Waals surface area contributed by atoms with Crippen molar-refractivity contribution in [3.05, 3.63) is 17.0 Å². The van der Waals surface area contributed by atoms with Crippen LogP contribution in [0.3, 0.4) is 0 Å². The molecule has 2 fully saturated rings. The van der Waals surface area contributed by atoms with Gasteiger partial charge in [0.1, 0.15) is 5.69 Å². The molecule has 142 valence electrons. The molecular weight excluding hydrogens is 332 g/mol. The molecule has 2 saturated heterocycles. The monoisotopic (exact) mass is 360 g/mol. The average Bonchev–Trinajstić information content (AvgIpc) is 3.21. The number of aromatic nitrogens is 2. The number of amides is 1. The quantitative estimate of drug-likeness (QED) is 0.828. The van der Waals surface area contributed by atoms with Crippen molar-refractivity contribution in [3.63, 3.8) is 0 Å². The molecule has 7 nitrogen and oxygen atoms in total. The predicted octanol–water partition coefficient (Wildman–Crippen LogP) is 0.771. The number of carbonyl (C=O) groups excluding carboxylic acids is 1. The van der Waals surface area contributed by atoms with Crippen molar-refractivity contribution in [1.82, 2.24) is 14.9 Å². The van der Waals surface area contributed by atoms with Gasteiger partial charge in [-0.25, -0.2) is 9.97 Å². The molecule has 0 bridgehead atoms. The normalized spacial score (nSPS) is 26.1. The highest BCUT2D eigenvalue weighted by Gasteiger charge is 2.33. The van der Waals surface area contributed by atoms with E-state index in [1.54, 1.807) is 4.90 Å². The van der Waals surface area contributed by atoms with Crippen molar-refractivity contribution in [2.75, 3.05) is 37.7 Å². The highest BCUT2D eigenvalue weighted by molar-refractivity contribution is 5.94. The lowest BCUT2D eigenvalue weighted by atomic mass is 9.92. The van der Waals surface area contributed by atoms with Crippen molar-refractivity contribution in [1.29, 1.82) is 0 Å². The molecule has 4 rings (SSSR count). The van der Waals surface area contributed by atoms with Crippen LogP contribution in [0.5, 0.6) is 0 Å². The molecule has 0 radical (unpaired) electrons. The van der Waals surface area contributed by atoms with Crippen LogP contribution in [0, 0.1) is 5.92 Å². The summed E-state index contributed by atoms with van der Waals surface area (Å²) in [5.74, 6) is 0.456. The van der Waals surface area contributed by atoms with E-state index in [4.69, 9.17) is 9.97 Å². The molecule has 1 aliphatic carbocycles. The first-order chi connectivity index (χ1) is 12.7. The Hall–Kier alpha value is -1.73. The molecule has 1 aromatic heterocycles. The minimum Gasteiger partial charge on any atom is -0.396 e. The van der Waals surface area contributed by atoms with Gasteiger partial charge in [0, 0.05) is 50.0 Å². The number of aliphatic hydroxyl groups excluding tert-OH is 2. The zero-order valence-corrected chi connectivity index (χ0v) is 15.2. The molecule has 0 unspecified atom stereocenters. The zero-order chi connectivity index (χ0) is 18.1. The topological polar surface area (TPSA) is 89.8 Å². The number of hydrogen-bond acceptors (Lipinski definition) is 6. The summed E-state index contributed by atoms with van der Waals surface area (Å²) >= 11 is 0. The fraction of sp³-hybridized carbons (Fsp3) is 0.737. The van der Waals surface area contributed by atoms with Crippen LogP contribution in [0.1, 0.15) is 53.8 Å². The molecule has 7 heteroatoms. The lowest BCUT2D eigenvalue weighted by Gasteiger charge is -2.35. The Kier molecular flexibility index (Phi) is 5.09. The number of fused-ring (bicyclic) bond motifs is 1. The highest BCUT2D eigenvalue weighted by Crippen LogP contribution is 2.28. The fourth-order valence-corrected chi connectivity index (χ4v) is 4.34. The standard InChI is InChI=1S/C19H28N4O3/c24-12-13-7-10-23(11-16(13)25)18(26)17-14-5-1-2-6-15(14)20-19(21-17)22-8-3-4-9-22/h13,16,24-25H,1-12H2/t13-,16+/m0/s1. The van der Waals surface area contributed by atoms with Gasteiger partial charge in [-0.3, -0.25) is 4.79 Å². The SMILES string of the molecule is O=C(c1nc(N2CCCC2)nc2c1CCCC2)N1CC[C@@H](CO)[C@H](O)C1. The zero-order valence-electron chi connectivity index (χ0n) is 15.2. The van der Waals surface area contributed by atoms with Crippen LogP contribution in [-0.4, -0.2) is 69.9 Å². The van der Waals surface area contributed by atoms with Crippen molar-refractivity contribution >= 4 is 11.9 Å². The molecule has 1 amide bonds. The van der Waals surface area contributed by atoms with Crippen LogP contribution >= 0.6 is 0 Å². The number of rotatable bonds is 3. The second-order valence-electron chi connectivity index (χ2n) is 7.75. The summed E-state index contributed by atoms with van der Waals surface area (Å²) in [6, 6.07) is 0. The van der Waals surface area contributed by atoms with E-state index in [0.29, 0.717) is 24.6 Å². The molecule has 2 N–H and O–H groups in total. The van der Waals surface area contributed by atoms with Crippen molar-refractivity contribution in [2.24, 2.45) is 5.92 Å². The van der Waals surface area contributed by atoms with E-state index in [-0.39, 0.29) is 25.0 Å². The van der Waals surface area contributed by atoms with Crippen molar-refractivity contribution in [2.45, 2.75) is 51.0 Å². The van der Waals surface area contributed by atoms with Gasteiger partial charge in [-0.2, -0.15) is 0 Å². The molecule has 3 heterocycles. The van der Waals surface area contributed by atoms with Crippen LogP contribution in [0.25, 0.3) is 0 Å². The van der Waals surface area contributed by atoms with Crippen LogP contribution in [0.15, 0.2) is 0 Å². The van der Waals surface area contributed by atoms with Gasteiger partial charge in [0.05, 0.1) is 6.10 Å². The van der Waals surface area contributed by atoms with Crippen LogP contribution in [-0.2, 0) is 12.8 Å².